The predicted octanol–water partition coefficient (Wildman–Crippen LogP) is 3.88. The average molecular weight is 267 g/mol. The normalized spacial score (nSPS) is 17.2. The van der Waals surface area contributed by atoms with E-state index in [-0.39, 0.29) is 12.4 Å². The first-order chi connectivity index (χ1) is 6.77. The molecule has 0 aliphatic carbocycles. The third-order valence-corrected chi connectivity index (χ3v) is 3.49. The lowest BCUT2D eigenvalue weighted by Gasteiger charge is -2.23. The molecule has 2 rings (SSSR count). The smallest absolute Gasteiger partial charge is 0.0595 e. The van der Waals surface area contributed by atoms with Crippen LogP contribution in [0, 0.1) is 0 Å². The van der Waals surface area contributed by atoms with Crippen LogP contribution in [0.4, 0.5) is 0 Å². The minimum Gasteiger partial charge on any atom is -0.317 e. The summed E-state index contributed by atoms with van der Waals surface area (Å²) in [5, 5.41) is 4.66. The van der Waals surface area contributed by atoms with Crippen LogP contribution in [0.25, 0.3) is 0 Å². The Morgan fingerprint density at radius 3 is 2.33 bits per heavy atom. The number of piperidine rings is 1. The minimum atomic E-state index is 0. The second-order valence-corrected chi connectivity index (χ2v) is 4.51. The monoisotopic (exact) mass is 265 g/mol. The van der Waals surface area contributed by atoms with Gasteiger partial charge in [0.2, 0.25) is 0 Å². The van der Waals surface area contributed by atoms with Crippen molar-refractivity contribution in [1.29, 1.82) is 0 Å². The molecule has 0 spiro atoms. The van der Waals surface area contributed by atoms with Crippen molar-refractivity contribution in [3.05, 3.63) is 33.8 Å². The van der Waals surface area contributed by atoms with Gasteiger partial charge in [-0.2, -0.15) is 0 Å². The summed E-state index contributed by atoms with van der Waals surface area (Å²) in [6.07, 6.45) is 2.38. The highest BCUT2D eigenvalue weighted by atomic mass is 35.5. The van der Waals surface area contributed by atoms with E-state index in [0.29, 0.717) is 16.0 Å². The molecule has 1 N–H and O–H groups in total. The quantitative estimate of drug-likeness (QED) is 0.813. The summed E-state index contributed by atoms with van der Waals surface area (Å²) in [7, 11) is 0. The second kappa shape index (κ2) is 5.95. The van der Waals surface area contributed by atoms with Crippen LogP contribution in [0.3, 0.4) is 0 Å². The van der Waals surface area contributed by atoms with Crippen molar-refractivity contribution in [3.63, 3.8) is 0 Å². The highest BCUT2D eigenvalue weighted by Gasteiger charge is 2.15. The maximum atomic E-state index is 5.99. The number of hydrogen-bond donors (Lipinski definition) is 1. The minimum absolute atomic E-state index is 0. The van der Waals surface area contributed by atoms with Crippen LogP contribution in [-0.2, 0) is 0 Å². The Kier molecular flexibility index (Phi) is 5.20. The van der Waals surface area contributed by atoms with E-state index in [4.69, 9.17) is 23.2 Å². The zero-order valence-corrected chi connectivity index (χ0v) is 10.6. The number of halogens is 3. The number of rotatable bonds is 1. The van der Waals surface area contributed by atoms with Gasteiger partial charge in [-0.05, 0) is 49.5 Å². The predicted molar refractivity (Wildman–Crippen MR) is 68.6 cm³/mol. The third kappa shape index (κ3) is 3.25. The summed E-state index contributed by atoms with van der Waals surface area (Å²) in [6, 6.07) is 5.98. The molecule has 0 bridgehead atoms. The molecule has 1 nitrogen and oxygen atoms in total. The molecule has 1 aromatic rings. The first kappa shape index (κ1) is 13.1. The standard InChI is InChI=1S/C11H13Cl2N.ClH/c12-10-2-1-9(7-11(10)13)8-3-5-14-6-4-8;/h1-2,7-8,14H,3-6H2;1H. The molecule has 1 heterocycles. The largest absolute Gasteiger partial charge is 0.317 e. The molecular formula is C11H14Cl3N. The molecule has 15 heavy (non-hydrogen) atoms. The Bertz CT molecular complexity index is 322. The molecular weight excluding hydrogens is 252 g/mol. The first-order valence-corrected chi connectivity index (χ1v) is 5.68. The van der Waals surface area contributed by atoms with Crippen molar-refractivity contribution in [2.75, 3.05) is 13.1 Å². The zero-order chi connectivity index (χ0) is 9.97. The van der Waals surface area contributed by atoms with Crippen molar-refractivity contribution in [2.24, 2.45) is 0 Å². The van der Waals surface area contributed by atoms with Crippen LogP contribution in [0.2, 0.25) is 10.0 Å². The van der Waals surface area contributed by atoms with Crippen molar-refractivity contribution in [2.45, 2.75) is 18.8 Å². The lowest BCUT2D eigenvalue weighted by atomic mass is 9.90. The van der Waals surface area contributed by atoms with Crippen molar-refractivity contribution in [1.82, 2.24) is 5.32 Å². The Balaban J connectivity index is 0.00000112. The van der Waals surface area contributed by atoms with Gasteiger partial charge in [-0.3, -0.25) is 0 Å². The molecule has 0 atom stereocenters. The van der Waals surface area contributed by atoms with E-state index < -0.39 is 0 Å². The Morgan fingerprint density at radius 2 is 1.73 bits per heavy atom. The van der Waals surface area contributed by atoms with Gasteiger partial charge in [-0.15, -0.1) is 12.4 Å². The SMILES string of the molecule is Cl.Clc1ccc(C2CCNCC2)cc1Cl. The summed E-state index contributed by atoms with van der Waals surface area (Å²) in [4.78, 5) is 0. The summed E-state index contributed by atoms with van der Waals surface area (Å²) in [6.45, 7) is 2.20. The Labute approximate surface area is 107 Å². The topological polar surface area (TPSA) is 12.0 Å². The van der Waals surface area contributed by atoms with E-state index in [2.05, 4.69) is 11.4 Å². The number of benzene rings is 1. The Morgan fingerprint density at radius 1 is 1.07 bits per heavy atom. The van der Waals surface area contributed by atoms with Gasteiger partial charge in [-0.1, -0.05) is 29.3 Å². The van der Waals surface area contributed by atoms with E-state index in [1.54, 1.807) is 0 Å². The molecule has 0 radical (unpaired) electrons. The van der Waals surface area contributed by atoms with E-state index >= 15 is 0 Å². The maximum absolute atomic E-state index is 5.99. The van der Waals surface area contributed by atoms with Gasteiger partial charge >= 0.3 is 0 Å². The van der Waals surface area contributed by atoms with Crippen LogP contribution < -0.4 is 5.32 Å². The fraction of sp³-hybridized carbons (Fsp3) is 0.455. The lowest BCUT2D eigenvalue weighted by molar-refractivity contribution is 0.460. The molecule has 84 valence electrons. The molecule has 1 fully saturated rings. The number of hydrogen-bond acceptors (Lipinski definition) is 1. The molecule has 1 aromatic carbocycles. The molecule has 0 saturated carbocycles. The van der Waals surface area contributed by atoms with Gasteiger partial charge in [0.05, 0.1) is 10.0 Å². The van der Waals surface area contributed by atoms with Gasteiger partial charge in [0.1, 0.15) is 0 Å². The maximum Gasteiger partial charge on any atom is 0.0595 e. The van der Waals surface area contributed by atoms with E-state index in [0.717, 1.165) is 13.1 Å². The molecule has 1 aliphatic rings. The van der Waals surface area contributed by atoms with Crippen LogP contribution >= 0.6 is 35.6 Å². The van der Waals surface area contributed by atoms with Crippen molar-refractivity contribution < 1.29 is 0 Å². The van der Waals surface area contributed by atoms with E-state index in [9.17, 15) is 0 Å². The number of nitrogens with one attached hydrogen (secondary N) is 1. The Hall–Kier alpha value is 0.0500. The third-order valence-electron chi connectivity index (χ3n) is 2.75. The molecule has 4 heteroatoms. The van der Waals surface area contributed by atoms with Crippen LogP contribution in [0.5, 0.6) is 0 Å². The average Bonchev–Trinajstić information content (AvgIpc) is 2.23. The van der Waals surface area contributed by atoms with Crippen molar-refractivity contribution in [3.8, 4) is 0 Å². The molecule has 0 amide bonds. The highest BCUT2D eigenvalue weighted by Crippen LogP contribution is 2.30. The van der Waals surface area contributed by atoms with E-state index in [1.807, 2.05) is 12.1 Å². The first-order valence-electron chi connectivity index (χ1n) is 4.93. The van der Waals surface area contributed by atoms with Gasteiger partial charge in [-0.25, -0.2) is 0 Å². The fourth-order valence-corrected chi connectivity index (χ4v) is 2.23. The molecule has 0 unspecified atom stereocenters. The van der Waals surface area contributed by atoms with Crippen molar-refractivity contribution >= 4 is 35.6 Å². The lowest BCUT2D eigenvalue weighted by Crippen LogP contribution is -2.26. The fourth-order valence-electron chi connectivity index (χ4n) is 1.92. The molecule has 0 aromatic heterocycles. The van der Waals surface area contributed by atoms with Gasteiger partial charge < -0.3 is 5.32 Å². The highest BCUT2D eigenvalue weighted by molar-refractivity contribution is 6.42. The van der Waals surface area contributed by atoms with Crippen LogP contribution in [-0.4, -0.2) is 13.1 Å². The summed E-state index contributed by atoms with van der Waals surface area (Å²) < 4.78 is 0. The van der Waals surface area contributed by atoms with Gasteiger partial charge in [0.15, 0.2) is 0 Å². The van der Waals surface area contributed by atoms with Crippen LogP contribution in [0.15, 0.2) is 18.2 Å². The second-order valence-electron chi connectivity index (χ2n) is 3.70. The summed E-state index contributed by atoms with van der Waals surface area (Å²) in [5.41, 5.74) is 1.32. The van der Waals surface area contributed by atoms with E-state index in [1.165, 1.54) is 18.4 Å². The van der Waals surface area contributed by atoms with Crippen LogP contribution in [0.1, 0.15) is 24.3 Å². The molecule has 1 saturated heterocycles. The zero-order valence-electron chi connectivity index (χ0n) is 8.30. The summed E-state index contributed by atoms with van der Waals surface area (Å²) in [5.74, 6) is 0.644. The van der Waals surface area contributed by atoms with Gasteiger partial charge in [0.25, 0.3) is 0 Å². The van der Waals surface area contributed by atoms with Gasteiger partial charge in [0, 0.05) is 0 Å². The molecule has 1 aliphatic heterocycles. The summed E-state index contributed by atoms with van der Waals surface area (Å²) >= 11 is 11.9.